The van der Waals surface area contributed by atoms with Gasteiger partial charge in [-0.3, -0.25) is 14.4 Å². The first-order valence-electron chi connectivity index (χ1n) is 9.90. The van der Waals surface area contributed by atoms with Gasteiger partial charge in [0, 0.05) is 50.5 Å². The number of ketones is 1. The van der Waals surface area contributed by atoms with E-state index in [-0.39, 0.29) is 36.4 Å². The summed E-state index contributed by atoms with van der Waals surface area (Å²) >= 11 is 0. The molecule has 152 valence electrons. The number of likely N-dealkylation sites (tertiary alicyclic amines) is 1. The summed E-state index contributed by atoms with van der Waals surface area (Å²) in [4.78, 5) is 41.0. The van der Waals surface area contributed by atoms with Gasteiger partial charge < -0.3 is 19.3 Å². The number of amides is 2. The third-order valence-corrected chi connectivity index (χ3v) is 5.48. The van der Waals surface area contributed by atoms with Gasteiger partial charge in [-0.05, 0) is 25.0 Å². The summed E-state index contributed by atoms with van der Waals surface area (Å²) in [5, 5.41) is 0. The number of carbonyl (C=O) groups excluding carboxylic acids is 3. The van der Waals surface area contributed by atoms with Gasteiger partial charge in [-0.15, -0.1) is 0 Å². The summed E-state index contributed by atoms with van der Waals surface area (Å²) in [6.45, 7) is 3.67. The van der Waals surface area contributed by atoms with Crippen LogP contribution in [0.15, 0.2) is 24.3 Å². The average molecular weight is 388 g/mol. The van der Waals surface area contributed by atoms with Crippen LogP contribution in [-0.4, -0.2) is 73.9 Å². The first-order chi connectivity index (χ1) is 13.6. The Bertz CT molecular complexity index is 707. The van der Waals surface area contributed by atoms with Crippen molar-refractivity contribution in [3.63, 3.8) is 0 Å². The Hall–Kier alpha value is -2.41. The molecule has 0 unspecified atom stereocenters. The molecule has 1 aromatic carbocycles. The largest absolute Gasteiger partial charge is 0.497 e. The predicted octanol–water partition coefficient (Wildman–Crippen LogP) is 1.76. The summed E-state index contributed by atoms with van der Waals surface area (Å²) in [5.74, 6) is 0.714. The second-order valence-electron chi connectivity index (χ2n) is 7.25. The highest BCUT2D eigenvalue weighted by atomic mass is 16.5. The van der Waals surface area contributed by atoms with Crippen LogP contribution in [0.3, 0.4) is 0 Å². The van der Waals surface area contributed by atoms with Crippen LogP contribution in [0, 0.1) is 5.92 Å². The number of carbonyl (C=O) groups is 3. The van der Waals surface area contributed by atoms with E-state index in [1.54, 1.807) is 36.3 Å². The summed E-state index contributed by atoms with van der Waals surface area (Å²) in [6, 6.07) is 6.97. The Morgan fingerprint density at radius 3 is 2.43 bits per heavy atom. The number of nitrogens with zero attached hydrogens (tertiary/aromatic N) is 2. The van der Waals surface area contributed by atoms with E-state index < -0.39 is 0 Å². The minimum absolute atomic E-state index is 0.0134. The van der Waals surface area contributed by atoms with E-state index in [9.17, 15) is 14.4 Å². The minimum atomic E-state index is -0.0652. The third-order valence-electron chi connectivity index (χ3n) is 5.48. The summed E-state index contributed by atoms with van der Waals surface area (Å²) < 4.78 is 10.4. The van der Waals surface area contributed by atoms with Gasteiger partial charge in [0.1, 0.15) is 5.75 Å². The minimum Gasteiger partial charge on any atom is -0.497 e. The number of ether oxygens (including phenoxy) is 2. The average Bonchev–Trinajstić information content (AvgIpc) is 2.77. The lowest BCUT2D eigenvalue weighted by molar-refractivity contribution is -0.143. The maximum absolute atomic E-state index is 12.6. The predicted molar refractivity (Wildman–Crippen MR) is 103 cm³/mol. The summed E-state index contributed by atoms with van der Waals surface area (Å²) in [6.07, 6.45) is 1.74. The first kappa shape index (κ1) is 20.3. The molecule has 2 amide bonds. The van der Waals surface area contributed by atoms with E-state index in [2.05, 4.69) is 0 Å². The van der Waals surface area contributed by atoms with Crippen molar-refractivity contribution >= 4 is 17.6 Å². The number of morpholine rings is 1. The maximum Gasteiger partial charge on any atom is 0.225 e. The smallest absolute Gasteiger partial charge is 0.225 e. The Morgan fingerprint density at radius 2 is 1.75 bits per heavy atom. The number of methoxy groups -OCH3 is 1. The van der Waals surface area contributed by atoms with Crippen LogP contribution >= 0.6 is 0 Å². The SMILES string of the molecule is COc1cccc(C(=O)CCC(=O)N2CCC(C(=O)N3CCOCC3)CC2)c1. The van der Waals surface area contributed by atoms with Gasteiger partial charge in [-0.25, -0.2) is 0 Å². The fourth-order valence-corrected chi connectivity index (χ4v) is 3.74. The molecule has 0 aromatic heterocycles. The van der Waals surface area contributed by atoms with Crippen LogP contribution in [0.4, 0.5) is 0 Å². The molecule has 28 heavy (non-hydrogen) atoms. The molecule has 0 atom stereocenters. The Balaban J connectivity index is 1.43. The Morgan fingerprint density at radius 1 is 1.04 bits per heavy atom. The number of hydrogen-bond acceptors (Lipinski definition) is 5. The molecule has 3 rings (SSSR count). The normalized spacial score (nSPS) is 18.0. The van der Waals surface area contributed by atoms with E-state index in [0.29, 0.717) is 63.5 Å². The number of rotatable bonds is 6. The van der Waals surface area contributed by atoms with Gasteiger partial charge in [0.2, 0.25) is 11.8 Å². The fraction of sp³-hybridized carbons (Fsp3) is 0.571. The highest BCUT2D eigenvalue weighted by Gasteiger charge is 2.30. The highest BCUT2D eigenvalue weighted by molar-refractivity contribution is 5.98. The topological polar surface area (TPSA) is 76.2 Å². The standard InChI is InChI=1S/C21H28N2O5/c1-27-18-4-2-3-17(15-18)19(24)5-6-20(25)22-9-7-16(8-10-22)21(26)23-11-13-28-14-12-23/h2-4,15-16H,5-14H2,1H3. The van der Waals surface area contributed by atoms with Crippen molar-refractivity contribution in [2.24, 2.45) is 5.92 Å². The zero-order valence-electron chi connectivity index (χ0n) is 16.4. The molecule has 2 heterocycles. The van der Waals surface area contributed by atoms with E-state index >= 15 is 0 Å². The van der Waals surface area contributed by atoms with Crippen molar-refractivity contribution in [2.75, 3.05) is 46.5 Å². The zero-order chi connectivity index (χ0) is 19.9. The molecule has 0 bridgehead atoms. The van der Waals surface area contributed by atoms with Crippen LogP contribution in [-0.2, 0) is 14.3 Å². The molecule has 7 heteroatoms. The fourth-order valence-electron chi connectivity index (χ4n) is 3.74. The lowest BCUT2D eigenvalue weighted by atomic mass is 9.94. The van der Waals surface area contributed by atoms with Crippen molar-refractivity contribution in [1.29, 1.82) is 0 Å². The maximum atomic E-state index is 12.6. The van der Waals surface area contributed by atoms with E-state index in [4.69, 9.17) is 9.47 Å². The number of piperidine rings is 1. The Kier molecular flexibility index (Phi) is 7.03. The van der Waals surface area contributed by atoms with Gasteiger partial charge in [0.25, 0.3) is 0 Å². The van der Waals surface area contributed by atoms with Crippen molar-refractivity contribution in [2.45, 2.75) is 25.7 Å². The van der Waals surface area contributed by atoms with Crippen LogP contribution < -0.4 is 4.74 Å². The molecule has 0 aliphatic carbocycles. The Labute approximate surface area is 165 Å². The molecular weight excluding hydrogens is 360 g/mol. The molecule has 0 spiro atoms. The van der Waals surface area contributed by atoms with Crippen molar-refractivity contribution in [3.8, 4) is 5.75 Å². The van der Waals surface area contributed by atoms with Gasteiger partial charge in [0.05, 0.1) is 20.3 Å². The van der Waals surface area contributed by atoms with Gasteiger partial charge >= 0.3 is 0 Å². The van der Waals surface area contributed by atoms with Gasteiger partial charge in [-0.1, -0.05) is 12.1 Å². The van der Waals surface area contributed by atoms with Crippen molar-refractivity contribution in [3.05, 3.63) is 29.8 Å². The van der Waals surface area contributed by atoms with Crippen molar-refractivity contribution in [1.82, 2.24) is 9.80 Å². The van der Waals surface area contributed by atoms with Crippen LogP contribution in [0.2, 0.25) is 0 Å². The monoisotopic (exact) mass is 388 g/mol. The molecule has 1 aromatic rings. The molecule has 2 fully saturated rings. The lowest BCUT2D eigenvalue weighted by Crippen LogP contribution is -2.47. The first-order valence-corrected chi connectivity index (χ1v) is 9.90. The number of benzene rings is 1. The molecular formula is C21H28N2O5. The molecule has 0 radical (unpaired) electrons. The number of hydrogen-bond donors (Lipinski definition) is 0. The second-order valence-corrected chi connectivity index (χ2v) is 7.25. The molecule has 0 saturated carbocycles. The molecule has 2 aliphatic heterocycles. The zero-order valence-corrected chi connectivity index (χ0v) is 16.4. The third kappa shape index (κ3) is 5.10. The van der Waals surface area contributed by atoms with Gasteiger partial charge in [-0.2, -0.15) is 0 Å². The summed E-state index contributed by atoms with van der Waals surface area (Å²) in [7, 11) is 1.56. The van der Waals surface area contributed by atoms with E-state index in [1.165, 1.54) is 0 Å². The van der Waals surface area contributed by atoms with Crippen molar-refractivity contribution < 1.29 is 23.9 Å². The van der Waals surface area contributed by atoms with Crippen LogP contribution in [0.5, 0.6) is 5.75 Å². The lowest BCUT2D eigenvalue weighted by Gasteiger charge is -2.35. The number of Topliss-reactive ketones (excluding diaryl/α,β-unsaturated/α-hetero) is 1. The van der Waals surface area contributed by atoms with E-state index in [0.717, 1.165) is 0 Å². The molecule has 2 saturated heterocycles. The molecule has 2 aliphatic rings. The molecule has 0 N–H and O–H groups in total. The quantitative estimate of drug-likeness (QED) is 0.694. The van der Waals surface area contributed by atoms with E-state index in [1.807, 2.05) is 4.90 Å². The molecule has 7 nitrogen and oxygen atoms in total. The van der Waals surface area contributed by atoms with Crippen LogP contribution in [0.1, 0.15) is 36.0 Å². The van der Waals surface area contributed by atoms with Crippen LogP contribution in [0.25, 0.3) is 0 Å². The summed E-state index contributed by atoms with van der Waals surface area (Å²) in [5.41, 5.74) is 0.557. The van der Waals surface area contributed by atoms with Gasteiger partial charge in [0.15, 0.2) is 5.78 Å². The highest BCUT2D eigenvalue weighted by Crippen LogP contribution is 2.21. The second kappa shape index (κ2) is 9.68.